The third kappa shape index (κ3) is 5.65. The Morgan fingerprint density at radius 3 is 2.36 bits per heavy atom. The van der Waals surface area contributed by atoms with Gasteiger partial charge in [0.25, 0.3) is 0 Å². The van der Waals surface area contributed by atoms with Crippen LogP contribution in [0.2, 0.25) is 0 Å². The topological polar surface area (TPSA) is 83.9 Å². The number of ether oxygens (including phenoxy) is 1. The summed E-state index contributed by atoms with van der Waals surface area (Å²) in [4.78, 5) is 13.1. The third-order valence-corrected chi connectivity index (χ3v) is 4.51. The second kappa shape index (κ2) is 8.14. The van der Waals surface area contributed by atoms with Gasteiger partial charge in [0.05, 0.1) is 11.5 Å². The standard InChI is InChI=1S/C15H23NO5S/c1-4-14(15(17)18)16(2)10-5-11-21-12-6-8-13(9-7-12)22(3,19)20/h6-9,14H,4-5,10-11H2,1-3H3,(H,17,18). The molecule has 0 radical (unpaired) electrons. The zero-order valence-corrected chi connectivity index (χ0v) is 14.0. The molecule has 7 heteroatoms. The lowest BCUT2D eigenvalue weighted by molar-refractivity contribution is -0.142. The number of nitrogens with zero attached hydrogens (tertiary/aromatic N) is 1. The van der Waals surface area contributed by atoms with Crippen LogP contribution in [0, 0.1) is 0 Å². The summed E-state index contributed by atoms with van der Waals surface area (Å²) >= 11 is 0. The Hall–Kier alpha value is -1.60. The van der Waals surface area contributed by atoms with Crippen molar-refractivity contribution in [3.05, 3.63) is 24.3 Å². The maximum absolute atomic E-state index is 11.3. The molecule has 0 aliphatic heterocycles. The molecular weight excluding hydrogens is 306 g/mol. The van der Waals surface area contributed by atoms with Crippen molar-refractivity contribution in [2.24, 2.45) is 0 Å². The highest BCUT2D eigenvalue weighted by molar-refractivity contribution is 7.90. The van der Waals surface area contributed by atoms with Gasteiger partial charge in [-0.05, 0) is 44.2 Å². The minimum Gasteiger partial charge on any atom is -0.494 e. The first-order valence-corrected chi connectivity index (χ1v) is 9.00. The molecule has 1 unspecified atom stereocenters. The predicted octanol–water partition coefficient (Wildman–Crippen LogP) is 1.65. The number of hydrogen-bond acceptors (Lipinski definition) is 5. The fraction of sp³-hybridized carbons (Fsp3) is 0.533. The van der Waals surface area contributed by atoms with Crippen LogP contribution in [0.5, 0.6) is 5.75 Å². The van der Waals surface area contributed by atoms with Gasteiger partial charge in [0.15, 0.2) is 9.84 Å². The number of rotatable bonds is 9. The molecule has 0 saturated heterocycles. The van der Waals surface area contributed by atoms with Gasteiger partial charge in [0, 0.05) is 12.8 Å². The van der Waals surface area contributed by atoms with E-state index in [4.69, 9.17) is 9.84 Å². The van der Waals surface area contributed by atoms with Gasteiger partial charge in [0.1, 0.15) is 11.8 Å². The Bertz CT molecular complexity index is 582. The number of aliphatic carboxylic acids is 1. The third-order valence-electron chi connectivity index (χ3n) is 3.38. The molecule has 22 heavy (non-hydrogen) atoms. The smallest absolute Gasteiger partial charge is 0.320 e. The molecule has 1 rings (SSSR count). The highest BCUT2D eigenvalue weighted by Crippen LogP contribution is 2.16. The molecule has 0 aliphatic carbocycles. The van der Waals surface area contributed by atoms with Crippen molar-refractivity contribution >= 4 is 15.8 Å². The van der Waals surface area contributed by atoms with Crippen LogP contribution in [0.1, 0.15) is 19.8 Å². The van der Waals surface area contributed by atoms with Crippen molar-refractivity contribution in [3.63, 3.8) is 0 Å². The molecule has 6 nitrogen and oxygen atoms in total. The lowest BCUT2D eigenvalue weighted by Crippen LogP contribution is -2.38. The zero-order valence-electron chi connectivity index (χ0n) is 13.2. The van der Waals surface area contributed by atoms with Gasteiger partial charge in [-0.15, -0.1) is 0 Å². The van der Waals surface area contributed by atoms with Crippen LogP contribution in [0.25, 0.3) is 0 Å². The lowest BCUT2D eigenvalue weighted by Gasteiger charge is -2.23. The molecule has 1 aromatic carbocycles. The normalized spacial score (nSPS) is 13.1. The Balaban J connectivity index is 2.40. The maximum Gasteiger partial charge on any atom is 0.320 e. The first kappa shape index (κ1) is 18.4. The number of benzene rings is 1. The quantitative estimate of drug-likeness (QED) is 0.694. The van der Waals surface area contributed by atoms with Crippen molar-refractivity contribution < 1.29 is 23.1 Å². The summed E-state index contributed by atoms with van der Waals surface area (Å²) in [6.07, 6.45) is 2.40. The summed E-state index contributed by atoms with van der Waals surface area (Å²) in [6, 6.07) is 5.77. The van der Waals surface area contributed by atoms with Crippen LogP contribution in [0.4, 0.5) is 0 Å². The average Bonchev–Trinajstić information content (AvgIpc) is 2.43. The van der Waals surface area contributed by atoms with Crippen LogP contribution in [-0.2, 0) is 14.6 Å². The predicted molar refractivity (Wildman–Crippen MR) is 84.0 cm³/mol. The van der Waals surface area contributed by atoms with Gasteiger partial charge in [-0.25, -0.2) is 8.42 Å². The van der Waals surface area contributed by atoms with E-state index in [-0.39, 0.29) is 4.90 Å². The van der Waals surface area contributed by atoms with Gasteiger partial charge in [-0.3, -0.25) is 9.69 Å². The molecule has 0 spiro atoms. The van der Waals surface area contributed by atoms with Crippen LogP contribution in [0.3, 0.4) is 0 Å². The highest BCUT2D eigenvalue weighted by atomic mass is 32.2. The first-order valence-electron chi connectivity index (χ1n) is 7.11. The summed E-state index contributed by atoms with van der Waals surface area (Å²) in [6.45, 7) is 2.90. The second-order valence-corrected chi connectivity index (χ2v) is 7.20. The number of hydrogen-bond donors (Lipinski definition) is 1. The molecule has 124 valence electrons. The molecule has 0 aliphatic rings. The summed E-state index contributed by atoms with van der Waals surface area (Å²) in [5.74, 6) is -0.220. The first-order chi connectivity index (χ1) is 10.3. The minimum absolute atomic E-state index is 0.256. The van der Waals surface area contributed by atoms with Crippen LogP contribution < -0.4 is 4.74 Å². The van der Waals surface area contributed by atoms with E-state index in [1.54, 1.807) is 24.1 Å². The number of likely N-dealkylation sites (N-methyl/N-ethyl adjacent to an activating group) is 1. The van der Waals surface area contributed by atoms with Crippen LogP contribution in [0.15, 0.2) is 29.2 Å². The van der Waals surface area contributed by atoms with E-state index in [1.165, 1.54) is 12.1 Å². The summed E-state index contributed by atoms with van der Waals surface area (Å²) < 4.78 is 28.2. The van der Waals surface area contributed by atoms with E-state index in [2.05, 4.69) is 0 Å². The molecule has 0 aromatic heterocycles. The number of carboxylic acid groups (broad SMARTS) is 1. The van der Waals surface area contributed by atoms with Crippen molar-refractivity contribution in [2.75, 3.05) is 26.5 Å². The fourth-order valence-electron chi connectivity index (χ4n) is 2.12. The van der Waals surface area contributed by atoms with E-state index in [9.17, 15) is 13.2 Å². The fourth-order valence-corrected chi connectivity index (χ4v) is 2.75. The van der Waals surface area contributed by atoms with Gasteiger partial charge in [-0.2, -0.15) is 0 Å². The molecule has 1 aromatic rings. The molecule has 0 heterocycles. The van der Waals surface area contributed by atoms with Gasteiger partial charge >= 0.3 is 5.97 Å². The SMILES string of the molecule is CCC(C(=O)O)N(C)CCCOc1ccc(S(C)(=O)=O)cc1. The molecule has 0 saturated carbocycles. The summed E-state index contributed by atoms with van der Waals surface area (Å²) in [5.41, 5.74) is 0. The van der Waals surface area contributed by atoms with Gasteiger partial charge in [0.2, 0.25) is 0 Å². The Morgan fingerprint density at radius 2 is 1.91 bits per heavy atom. The largest absolute Gasteiger partial charge is 0.494 e. The van der Waals surface area contributed by atoms with Crippen LogP contribution >= 0.6 is 0 Å². The minimum atomic E-state index is -3.19. The van der Waals surface area contributed by atoms with Crippen molar-refractivity contribution in [3.8, 4) is 5.75 Å². The maximum atomic E-state index is 11.3. The van der Waals surface area contributed by atoms with E-state index in [0.717, 1.165) is 6.26 Å². The molecular formula is C15H23NO5S. The van der Waals surface area contributed by atoms with Crippen molar-refractivity contribution in [1.29, 1.82) is 0 Å². The number of carbonyl (C=O) groups is 1. The molecule has 0 amide bonds. The Labute approximate surface area is 131 Å². The average molecular weight is 329 g/mol. The van der Waals surface area contributed by atoms with Crippen molar-refractivity contribution in [1.82, 2.24) is 4.90 Å². The molecule has 1 atom stereocenters. The summed E-state index contributed by atoms with van der Waals surface area (Å²) in [5, 5.41) is 9.05. The summed E-state index contributed by atoms with van der Waals surface area (Å²) in [7, 11) is -1.41. The van der Waals surface area contributed by atoms with Crippen molar-refractivity contribution in [2.45, 2.75) is 30.7 Å². The highest BCUT2D eigenvalue weighted by Gasteiger charge is 2.19. The molecule has 0 fully saturated rings. The van der Waals surface area contributed by atoms with E-state index < -0.39 is 21.8 Å². The van der Waals surface area contributed by atoms with E-state index in [1.807, 2.05) is 6.92 Å². The van der Waals surface area contributed by atoms with Crippen LogP contribution in [-0.4, -0.2) is 56.9 Å². The Kier molecular flexibility index (Phi) is 6.83. The lowest BCUT2D eigenvalue weighted by atomic mass is 10.2. The molecule has 0 bridgehead atoms. The number of carboxylic acids is 1. The van der Waals surface area contributed by atoms with Gasteiger partial charge in [-0.1, -0.05) is 6.92 Å². The second-order valence-electron chi connectivity index (χ2n) is 5.19. The van der Waals surface area contributed by atoms with E-state index in [0.29, 0.717) is 31.7 Å². The monoisotopic (exact) mass is 329 g/mol. The Morgan fingerprint density at radius 1 is 1.32 bits per heavy atom. The molecule has 1 N–H and O–H groups in total. The zero-order chi connectivity index (χ0) is 16.8. The van der Waals surface area contributed by atoms with Gasteiger partial charge < -0.3 is 9.84 Å². The number of sulfone groups is 1. The van der Waals surface area contributed by atoms with E-state index >= 15 is 0 Å².